The van der Waals surface area contributed by atoms with Gasteiger partial charge in [0.25, 0.3) is 5.91 Å². The molecule has 8 heteroatoms. The Morgan fingerprint density at radius 2 is 2.35 bits per heavy atom. The molecule has 0 saturated heterocycles. The van der Waals surface area contributed by atoms with Crippen LogP contribution in [0.3, 0.4) is 0 Å². The molecule has 6 nitrogen and oxygen atoms in total. The normalized spacial score (nSPS) is 10.8. The third kappa shape index (κ3) is 2.01. The summed E-state index contributed by atoms with van der Waals surface area (Å²) in [6.45, 7) is 0. The van der Waals surface area contributed by atoms with Crippen molar-refractivity contribution in [2.24, 2.45) is 0 Å². The van der Waals surface area contributed by atoms with Gasteiger partial charge in [0.15, 0.2) is 5.15 Å². The minimum atomic E-state index is -0.326. The molecular formula is C9H8BrClN4O2. The van der Waals surface area contributed by atoms with Crippen molar-refractivity contribution in [2.75, 3.05) is 14.2 Å². The molecule has 0 aliphatic carbocycles. The Hall–Kier alpha value is -1.18. The molecule has 0 saturated carbocycles. The van der Waals surface area contributed by atoms with Gasteiger partial charge in [-0.1, -0.05) is 11.6 Å². The molecule has 0 aliphatic rings. The monoisotopic (exact) mass is 318 g/mol. The Labute approximate surface area is 110 Å². The number of hydrogen-bond acceptors (Lipinski definition) is 4. The quantitative estimate of drug-likeness (QED) is 0.792. The third-order valence-electron chi connectivity index (χ3n) is 2.26. The molecule has 17 heavy (non-hydrogen) atoms. The summed E-state index contributed by atoms with van der Waals surface area (Å²) < 4.78 is 2.11. The first-order chi connectivity index (χ1) is 8.06. The van der Waals surface area contributed by atoms with Crippen molar-refractivity contribution in [3.63, 3.8) is 0 Å². The van der Waals surface area contributed by atoms with Gasteiger partial charge in [-0.3, -0.25) is 9.63 Å². The summed E-state index contributed by atoms with van der Waals surface area (Å²) in [6, 6.07) is 1.62. The van der Waals surface area contributed by atoms with E-state index in [4.69, 9.17) is 16.4 Å². The van der Waals surface area contributed by atoms with Crippen molar-refractivity contribution in [1.29, 1.82) is 0 Å². The van der Waals surface area contributed by atoms with Crippen molar-refractivity contribution in [2.45, 2.75) is 0 Å². The van der Waals surface area contributed by atoms with E-state index >= 15 is 0 Å². The predicted octanol–water partition coefficient (Wildman–Crippen LogP) is 1.78. The van der Waals surface area contributed by atoms with Crippen molar-refractivity contribution < 1.29 is 9.63 Å². The fraction of sp³-hybridized carbons (Fsp3) is 0.222. The minimum Gasteiger partial charge on any atom is -0.274 e. The molecule has 0 fully saturated rings. The van der Waals surface area contributed by atoms with Gasteiger partial charge < -0.3 is 0 Å². The van der Waals surface area contributed by atoms with Crippen LogP contribution >= 0.6 is 27.5 Å². The summed E-state index contributed by atoms with van der Waals surface area (Å²) in [6.07, 6.45) is 1.31. The maximum Gasteiger partial charge on any atom is 0.279 e. The molecule has 2 heterocycles. The second kappa shape index (κ2) is 4.59. The first-order valence-corrected chi connectivity index (χ1v) is 5.73. The number of fused-ring (bicyclic) bond motifs is 1. The maximum absolute atomic E-state index is 12.0. The van der Waals surface area contributed by atoms with Crippen LogP contribution < -0.4 is 0 Å². The van der Waals surface area contributed by atoms with Crippen LogP contribution in [0.1, 0.15) is 10.4 Å². The molecular weight excluding hydrogens is 311 g/mol. The van der Waals surface area contributed by atoms with E-state index in [9.17, 15) is 4.79 Å². The number of carbonyl (C=O) groups excluding carboxylic acids is 1. The lowest BCUT2D eigenvalue weighted by molar-refractivity contribution is -0.0755. The fourth-order valence-corrected chi connectivity index (χ4v) is 2.11. The number of halogens is 2. The molecule has 2 rings (SSSR count). The van der Waals surface area contributed by atoms with Gasteiger partial charge in [-0.2, -0.15) is 5.10 Å². The van der Waals surface area contributed by atoms with Gasteiger partial charge >= 0.3 is 0 Å². The summed E-state index contributed by atoms with van der Waals surface area (Å²) in [7, 11) is 2.92. The highest BCUT2D eigenvalue weighted by molar-refractivity contribution is 9.10. The van der Waals surface area contributed by atoms with E-state index in [-0.39, 0.29) is 11.1 Å². The van der Waals surface area contributed by atoms with Crippen molar-refractivity contribution in [1.82, 2.24) is 19.7 Å². The zero-order valence-electron chi connectivity index (χ0n) is 9.02. The highest BCUT2D eigenvalue weighted by Gasteiger charge is 2.21. The van der Waals surface area contributed by atoms with Crippen LogP contribution in [-0.2, 0) is 4.84 Å². The van der Waals surface area contributed by atoms with Crippen LogP contribution in [0, 0.1) is 0 Å². The number of rotatable bonds is 2. The van der Waals surface area contributed by atoms with E-state index in [2.05, 4.69) is 26.0 Å². The average Bonchev–Trinajstić information content (AvgIpc) is 2.66. The first kappa shape index (κ1) is 12.3. The summed E-state index contributed by atoms with van der Waals surface area (Å²) in [5.74, 6) is -0.326. The van der Waals surface area contributed by atoms with Crippen molar-refractivity contribution >= 4 is 39.0 Å². The Bertz CT molecular complexity index is 586. The lowest BCUT2D eigenvalue weighted by atomic mass is 10.2. The van der Waals surface area contributed by atoms with E-state index in [1.807, 2.05) is 0 Å². The summed E-state index contributed by atoms with van der Waals surface area (Å²) in [4.78, 5) is 20.7. The molecule has 0 N–H and O–H groups in total. The highest BCUT2D eigenvalue weighted by atomic mass is 79.9. The number of aromatic nitrogens is 3. The fourth-order valence-electron chi connectivity index (χ4n) is 1.39. The zero-order valence-corrected chi connectivity index (χ0v) is 11.4. The average molecular weight is 320 g/mol. The third-order valence-corrected chi connectivity index (χ3v) is 3.10. The molecule has 0 spiro atoms. The Balaban J connectivity index is 2.66. The predicted molar refractivity (Wildman–Crippen MR) is 64.8 cm³/mol. The van der Waals surface area contributed by atoms with Gasteiger partial charge in [-0.15, -0.1) is 0 Å². The molecule has 0 radical (unpaired) electrons. The van der Waals surface area contributed by atoms with Gasteiger partial charge in [0, 0.05) is 7.05 Å². The standard InChI is InChI=1S/C9H8BrClN4O2/c1-14(17-2)9(16)5-3-6(10)15-7(5)8(11)12-4-13-15/h3-4H,1-2H3. The molecule has 2 aromatic heterocycles. The van der Waals surface area contributed by atoms with Crippen molar-refractivity contribution in [3.8, 4) is 0 Å². The van der Waals surface area contributed by atoms with E-state index in [0.717, 1.165) is 5.06 Å². The SMILES string of the molecule is CON(C)C(=O)c1cc(Br)n2ncnc(Cl)c12. The van der Waals surface area contributed by atoms with E-state index < -0.39 is 0 Å². The first-order valence-electron chi connectivity index (χ1n) is 4.56. The van der Waals surface area contributed by atoms with Crippen LogP contribution in [0.25, 0.3) is 5.52 Å². The van der Waals surface area contributed by atoms with Gasteiger partial charge in [-0.25, -0.2) is 14.6 Å². The van der Waals surface area contributed by atoms with E-state index in [1.165, 1.54) is 25.0 Å². The van der Waals surface area contributed by atoms with Gasteiger partial charge in [0.2, 0.25) is 0 Å². The summed E-state index contributed by atoms with van der Waals surface area (Å²) in [5.41, 5.74) is 0.807. The molecule has 1 amide bonds. The second-order valence-corrected chi connectivity index (χ2v) is 4.35. The number of hydrogen-bond donors (Lipinski definition) is 0. The molecule has 2 aromatic rings. The summed E-state index contributed by atoms with van der Waals surface area (Å²) >= 11 is 9.26. The second-order valence-electron chi connectivity index (χ2n) is 3.18. The highest BCUT2D eigenvalue weighted by Crippen LogP contribution is 2.25. The van der Waals surface area contributed by atoms with E-state index in [0.29, 0.717) is 15.7 Å². The van der Waals surface area contributed by atoms with Gasteiger partial charge in [0.1, 0.15) is 16.4 Å². The number of hydroxylamine groups is 2. The smallest absolute Gasteiger partial charge is 0.274 e. The lowest BCUT2D eigenvalue weighted by Gasteiger charge is -2.12. The Kier molecular flexibility index (Phi) is 3.32. The zero-order chi connectivity index (χ0) is 12.6. The topological polar surface area (TPSA) is 59.7 Å². The largest absolute Gasteiger partial charge is 0.279 e. The lowest BCUT2D eigenvalue weighted by Crippen LogP contribution is -2.25. The Morgan fingerprint density at radius 3 is 3.00 bits per heavy atom. The number of amides is 1. The van der Waals surface area contributed by atoms with Crippen LogP contribution in [0.2, 0.25) is 5.15 Å². The number of carbonyl (C=O) groups is 1. The van der Waals surface area contributed by atoms with E-state index in [1.54, 1.807) is 6.07 Å². The molecule has 0 bridgehead atoms. The molecule has 0 unspecified atom stereocenters. The van der Waals surface area contributed by atoms with Crippen LogP contribution in [0.4, 0.5) is 0 Å². The molecule has 90 valence electrons. The van der Waals surface area contributed by atoms with Crippen LogP contribution in [0.15, 0.2) is 17.0 Å². The summed E-state index contributed by atoms with van der Waals surface area (Å²) in [5, 5.41) is 5.30. The van der Waals surface area contributed by atoms with Crippen LogP contribution in [-0.4, -0.2) is 39.7 Å². The van der Waals surface area contributed by atoms with Gasteiger partial charge in [0.05, 0.1) is 12.7 Å². The Morgan fingerprint density at radius 1 is 1.65 bits per heavy atom. The van der Waals surface area contributed by atoms with Gasteiger partial charge in [-0.05, 0) is 22.0 Å². The van der Waals surface area contributed by atoms with Crippen LogP contribution in [0.5, 0.6) is 0 Å². The maximum atomic E-state index is 12.0. The molecule has 0 aromatic carbocycles. The molecule has 0 aliphatic heterocycles. The molecule has 0 atom stereocenters. The minimum absolute atomic E-state index is 0.207. The van der Waals surface area contributed by atoms with Crippen molar-refractivity contribution in [3.05, 3.63) is 27.7 Å². The number of nitrogens with zero attached hydrogens (tertiary/aromatic N) is 4.